The zero-order valence-corrected chi connectivity index (χ0v) is 11.9. The predicted molar refractivity (Wildman–Crippen MR) is 71.6 cm³/mol. The number of carbonyl (C=O) groups excluding carboxylic acids is 2. The molecule has 2 aliphatic heterocycles. The molecule has 0 bridgehead atoms. The predicted octanol–water partition coefficient (Wildman–Crippen LogP) is 1.02. The first-order chi connectivity index (χ1) is 9.20. The van der Waals surface area contributed by atoms with E-state index in [-0.39, 0.29) is 23.9 Å². The number of carbonyl (C=O) groups is 2. The van der Waals surface area contributed by atoms with Crippen LogP contribution in [0.5, 0.6) is 0 Å². The minimum absolute atomic E-state index is 0.141. The van der Waals surface area contributed by atoms with Gasteiger partial charge in [0.15, 0.2) is 0 Å². The van der Waals surface area contributed by atoms with Crippen LogP contribution in [0, 0.1) is 0 Å². The molecular formula is C14H24N2O3. The first-order valence-corrected chi connectivity index (χ1v) is 7.30. The maximum atomic E-state index is 12.6. The Labute approximate surface area is 114 Å². The number of amides is 2. The highest BCUT2D eigenvalue weighted by atomic mass is 16.5. The van der Waals surface area contributed by atoms with E-state index in [0.29, 0.717) is 19.6 Å². The van der Waals surface area contributed by atoms with Crippen LogP contribution >= 0.6 is 0 Å². The molecule has 5 nitrogen and oxygen atoms in total. The van der Waals surface area contributed by atoms with Crippen molar-refractivity contribution in [1.29, 1.82) is 0 Å². The van der Waals surface area contributed by atoms with Crippen LogP contribution in [0.1, 0.15) is 39.0 Å². The summed E-state index contributed by atoms with van der Waals surface area (Å²) in [5.74, 6) is 0.284. The third-order valence-corrected chi connectivity index (χ3v) is 4.15. The van der Waals surface area contributed by atoms with Crippen LogP contribution in [0.3, 0.4) is 0 Å². The summed E-state index contributed by atoms with van der Waals surface area (Å²) in [5.41, 5.74) is 0. The fraction of sp³-hybridized carbons (Fsp3) is 0.857. The maximum Gasteiger partial charge on any atom is 0.246 e. The molecule has 2 atom stereocenters. The number of hydrogen-bond donors (Lipinski definition) is 0. The van der Waals surface area contributed by atoms with Crippen LogP contribution in [0.25, 0.3) is 0 Å². The second-order valence-electron chi connectivity index (χ2n) is 5.35. The highest BCUT2D eigenvalue weighted by Crippen LogP contribution is 2.27. The van der Waals surface area contributed by atoms with Gasteiger partial charge in [-0.3, -0.25) is 9.59 Å². The summed E-state index contributed by atoms with van der Waals surface area (Å²) >= 11 is 0. The highest BCUT2D eigenvalue weighted by Gasteiger charge is 2.45. The lowest BCUT2D eigenvalue weighted by Gasteiger charge is -2.46. The lowest BCUT2D eigenvalue weighted by Crippen LogP contribution is -2.65. The lowest BCUT2D eigenvalue weighted by molar-refractivity contribution is -0.164. The van der Waals surface area contributed by atoms with Crippen LogP contribution in [-0.2, 0) is 14.3 Å². The van der Waals surface area contributed by atoms with Gasteiger partial charge in [0.25, 0.3) is 0 Å². The summed E-state index contributed by atoms with van der Waals surface area (Å²) in [6, 6.07) is -0.467. The zero-order valence-electron chi connectivity index (χ0n) is 11.9. The lowest BCUT2D eigenvalue weighted by atomic mass is 9.94. The molecule has 0 aliphatic carbocycles. The highest BCUT2D eigenvalue weighted by molar-refractivity contribution is 5.97. The van der Waals surface area contributed by atoms with Crippen molar-refractivity contribution in [2.45, 2.75) is 51.1 Å². The Hall–Kier alpha value is -1.10. The van der Waals surface area contributed by atoms with Crippen molar-refractivity contribution in [2.75, 3.05) is 26.8 Å². The first-order valence-electron chi connectivity index (χ1n) is 7.30. The quantitative estimate of drug-likeness (QED) is 0.700. The second kappa shape index (κ2) is 6.37. The topological polar surface area (TPSA) is 49.9 Å². The molecule has 2 aliphatic rings. The van der Waals surface area contributed by atoms with Crippen molar-refractivity contribution in [2.24, 2.45) is 0 Å². The molecule has 0 aromatic carbocycles. The van der Waals surface area contributed by atoms with Gasteiger partial charge in [-0.15, -0.1) is 0 Å². The molecule has 0 aromatic rings. The van der Waals surface area contributed by atoms with Crippen molar-refractivity contribution < 1.29 is 14.3 Å². The monoisotopic (exact) mass is 268 g/mol. The number of piperidine rings is 1. The fourth-order valence-corrected chi connectivity index (χ4v) is 3.16. The average Bonchev–Trinajstić information content (AvgIpc) is 2.44. The van der Waals surface area contributed by atoms with Crippen molar-refractivity contribution in [1.82, 2.24) is 9.80 Å². The van der Waals surface area contributed by atoms with Crippen LogP contribution in [0.4, 0.5) is 0 Å². The molecule has 2 amide bonds. The number of fused-ring (bicyclic) bond motifs is 1. The molecule has 0 N–H and O–H groups in total. The SMILES string of the molecule is CCC1C(=O)N2CCCCC2C(=O)N1CCCOC. The Kier molecular flexibility index (Phi) is 4.80. The van der Waals surface area contributed by atoms with Crippen LogP contribution in [0.15, 0.2) is 0 Å². The van der Waals surface area contributed by atoms with E-state index in [0.717, 1.165) is 32.2 Å². The Morgan fingerprint density at radius 3 is 2.74 bits per heavy atom. The molecule has 2 heterocycles. The van der Waals surface area contributed by atoms with Gasteiger partial charge in [-0.05, 0) is 32.1 Å². The van der Waals surface area contributed by atoms with Gasteiger partial charge in [0.05, 0.1) is 0 Å². The number of rotatable bonds is 5. The van der Waals surface area contributed by atoms with E-state index in [4.69, 9.17) is 4.74 Å². The number of piperazine rings is 1. The van der Waals surface area contributed by atoms with Crippen LogP contribution in [0.2, 0.25) is 0 Å². The van der Waals surface area contributed by atoms with Gasteiger partial charge >= 0.3 is 0 Å². The fourth-order valence-electron chi connectivity index (χ4n) is 3.16. The molecule has 2 rings (SSSR count). The average molecular weight is 268 g/mol. The Morgan fingerprint density at radius 1 is 1.26 bits per heavy atom. The molecule has 0 aromatic heterocycles. The number of hydrogen-bond acceptors (Lipinski definition) is 3. The van der Waals surface area contributed by atoms with Gasteiger partial charge in [0.1, 0.15) is 12.1 Å². The van der Waals surface area contributed by atoms with Crippen molar-refractivity contribution in [3.63, 3.8) is 0 Å². The van der Waals surface area contributed by atoms with Crippen LogP contribution in [-0.4, -0.2) is 60.5 Å². The molecule has 0 saturated carbocycles. The van der Waals surface area contributed by atoms with E-state index in [9.17, 15) is 9.59 Å². The third-order valence-electron chi connectivity index (χ3n) is 4.15. The van der Waals surface area contributed by atoms with E-state index in [1.54, 1.807) is 12.0 Å². The van der Waals surface area contributed by atoms with Crippen molar-refractivity contribution in [3.8, 4) is 0 Å². The van der Waals surface area contributed by atoms with Gasteiger partial charge in [0, 0.05) is 26.8 Å². The minimum Gasteiger partial charge on any atom is -0.385 e. The largest absolute Gasteiger partial charge is 0.385 e. The molecule has 0 spiro atoms. The molecule has 2 fully saturated rings. The van der Waals surface area contributed by atoms with Crippen LogP contribution < -0.4 is 0 Å². The summed E-state index contributed by atoms with van der Waals surface area (Å²) < 4.78 is 5.04. The summed E-state index contributed by atoms with van der Waals surface area (Å²) in [7, 11) is 1.66. The molecule has 2 saturated heterocycles. The molecule has 0 radical (unpaired) electrons. The number of methoxy groups -OCH3 is 1. The van der Waals surface area contributed by atoms with Crippen molar-refractivity contribution >= 4 is 11.8 Å². The summed E-state index contributed by atoms with van der Waals surface area (Å²) in [6.45, 7) is 3.98. The summed E-state index contributed by atoms with van der Waals surface area (Å²) in [4.78, 5) is 28.6. The smallest absolute Gasteiger partial charge is 0.246 e. The van der Waals surface area contributed by atoms with Gasteiger partial charge in [0.2, 0.25) is 11.8 Å². The van der Waals surface area contributed by atoms with Gasteiger partial charge in [-0.25, -0.2) is 0 Å². The van der Waals surface area contributed by atoms with Crippen molar-refractivity contribution in [3.05, 3.63) is 0 Å². The summed E-state index contributed by atoms with van der Waals surface area (Å²) in [6.07, 6.45) is 4.37. The minimum atomic E-state index is -0.265. The zero-order chi connectivity index (χ0) is 13.8. The molecule has 2 unspecified atom stereocenters. The molecule has 5 heteroatoms. The Balaban J connectivity index is 2.11. The standard InChI is InChI=1S/C14H24N2O3/c1-3-11-13(17)16-8-5-4-7-12(16)14(18)15(11)9-6-10-19-2/h11-12H,3-10H2,1-2H3. The Bertz CT molecular complexity index is 346. The summed E-state index contributed by atoms with van der Waals surface area (Å²) in [5, 5.41) is 0. The Morgan fingerprint density at radius 2 is 2.05 bits per heavy atom. The van der Waals surface area contributed by atoms with E-state index in [1.165, 1.54) is 0 Å². The van der Waals surface area contributed by atoms with Gasteiger partial charge in [-0.2, -0.15) is 0 Å². The molecular weight excluding hydrogens is 244 g/mol. The number of nitrogens with zero attached hydrogens (tertiary/aromatic N) is 2. The van der Waals surface area contributed by atoms with Gasteiger partial charge in [-0.1, -0.05) is 6.92 Å². The maximum absolute atomic E-state index is 12.6. The van der Waals surface area contributed by atoms with Gasteiger partial charge < -0.3 is 14.5 Å². The van der Waals surface area contributed by atoms with E-state index in [1.807, 2.05) is 11.8 Å². The molecule has 108 valence electrons. The van der Waals surface area contributed by atoms with E-state index >= 15 is 0 Å². The number of ether oxygens (including phenoxy) is 1. The molecule has 19 heavy (non-hydrogen) atoms. The normalized spacial score (nSPS) is 27.7. The van der Waals surface area contributed by atoms with E-state index < -0.39 is 0 Å². The second-order valence-corrected chi connectivity index (χ2v) is 5.35. The van der Waals surface area contributed by atoms with E-state index in [2.05, 4.69) is 0 Å². The third kappa shape index (κ3) is 2.76. The first kappa shape index (κ1) is 14.3.